The lowest BCUT2D eigenvalue weighted by Gasteiger charge is -2.11. The Labute approximate surface area is 86.6 Å². The molecule has 0 spiro atoms. The van der Waals surface area contributed by atoms with Gasteiger partial charge in [-0.15, -0.1) is 0 Å². The Morgan fingerprint density at radius 2 is 1.71 bits per heavy atom. The van der Waals surface area contributed by atoms with Gasteiger partial charge in [0.05, 0.1) is 6.16 Å². The molecule has 0 rings (SSSR count). The van der Waals surface area contributed by atoms with Crippen LogP contribution in [0.4, 0.5) is 0 Å². The largest absolute Gasteiger partial charge is 0.346 e. The zero-order chi connectivity index (χ0) is 10.9. The van der Waals surface area contributed by atoms with Crippen molar-refractivity contribution in [3.63, 3.8) is 0 Å². The molecule has 0 saturated carbocycles. The van der Waals surface area contributed by atoms with Crippen LogP contribution >= 0.6 is 7.60 Å². The molecule has 0 heterocycles. The zero-order valence-electron chi connectivity index (χ0n) is 9.20. The Morgan fingerprint density at radius 1 is 1.14 bits per heavy atom. The highest BCUT2D eigenvalue weighted by Crippen LogP contribution is 2.46. The van der Waals surface area contributed by atoms with Crippen LogP contribution in [-0.4, -0.2) is 13.3 Å². The molecule has 0 amide bonds. The van der Waals surface area contributed by atoms with E-state index in [-0.39, 0.29) is 0 Å². The second-order valence-corrected chi connectivity index (χ2v) is 5.64. The summed E-state index contributed by atoms with van der Waals surface area (Å²) < 4.78 is 20.5. The van der Waals surface area contributed by atoms with Crippen LogP contribution in [-0.2, 0) is 13.7 Å². The van der Waals surface area contributed by atoms with Crippen molar-refractivity contribution in [2.24, 2.45) is 5.90 Å². The third-order valence-corrected chi connectivity index (χ3v) is 3.97. The lowest BCUT2D eigenvalue weighted by atomic mass is 10.1. The smallest absolute Gasteiger partial charge is 0.311 e. The molecule has 5 heteroatoms. The van der Waals surface area contributed by atoms with Crippen LogP contribution in [0.15, 0.2) is 0 Å². The molecule has 0 bridgehead atoms. The summed E-state index contributed by atoms with van der Waals surface area (Å²) in [5, 5.41) is 0. The van der Waals surface area contributed by atoms with Gasteiger partial charge in [0.1, 0.15) is 0 Å². The zero-order valence-corrected chi connectivity index (χ0v) is 10.1. The molecule has 0 fully saturated rings. The van der Waals surface area contributed by atoms with Crippen molar-refractivity contribution in [2.45, 2.75) is 45.4 Å². The molecule has 0 radical (unpaired) electrons. The summed E-state index contributed by atoms with van der Waals surface area (Å²) in [4.78, 5) is 0. The van der Waals surface area contributed by atoms with E-state index in [9.17, 15) is 4.57 Å². The summed E-state index contributed by atoms with van der Waals surface area (Å²) in [7, 11) is -1.59. The first kappa shape index (κ1) is 14.1. The first-order valence-electron chi connectivity index (χ1n) is 5.22. The van der Waals surface area contributed by atoms with Crippen LogP contribution in [0.3, 0.4) is 0 Å². The van der Waals surface area contributed by atoms with Crippen LogP contribution in [0.2, 0.25) is 0 Å². The van der Waals surface area contributed by atoms with E-state index in [0.29, 0.717) is 6.16 Å². The Bertz CT molecular complexity index is 167. The van der Waals surface area contributed by atoms with Crippen LogP contribution in [0.25, 0.3) is 0 Å². The Kier molecular flexibility index (Phi) is 8.49. The van der Waals surface area contributed by atoms with Crippen molar-refractivity contribution in [2.75, 3.05) is 13.3 Å². The predicted octanol–water partition coefficient (Wildman–Crippen LogP) is 3.08. The molecule has 2 N–H and O–H groups in total. The lowest BCUT2D eigenvalue weighted by molar-refractivity contribution is 0.238. The molecule has 0 aliphatic heterocycles. The van der Waals surface area contributed by atoms with Gasteiger partial charge in [0.2, 0.25) is 0 Å². The quantitative estimate of drug-likeness (QED) is 0.370. The van der Waals surface area contributed by atoms with E-state index in [1.54, 1.807) is 0 Å². The molecule has 0 aromatic carbocycles. The van der Waals surface area contributed by atoms with Gasteiger partial charge >= 0.3 is 7.60 Å². The molecule has 4 nitrogen and oxygen atoms in total. The summed E-state index contributed by atoms with van der Waals surface area (Å²) >= 11 is 0. The molecule has 0 aliphatic carbocycles. The van der Waals surface area contributed by atoms with Gasteiger partial charge in [0, 0.05) is 7.11 Å². The number of hydrogen-bond donors (Lipinski definition) is 1. The highest BCUT2D eigenvalue weighted by Gasteiger charge is 2.20. The summed E-state index contributed by atoms with van der Waals surface area (Å²) in [6, 6.07) is 0. The van der Waals surface area contributed by atoms with Crippen LogP contribution in [0, 0.1) is 0 Å². The van der Waals surface area contributed by atoms with E-state index in [1.165, 1.54) is 32.8 Å². The van der Waals surface area contributed by atoms with E-state index in [1.807, 2.05) is 0 Å². The monoisotopic (exact) mass is 223 g/mol. The van der Waals surface area contributed by atoms with E-state index in [4.69, 9.17) is 10.4 Å². The van der Waals surface area contributed by atoms with Crippen LogP contribution in [0.1, 0.15) is 45.4 Å². The molecule has 14 heavy (non-hydrogen) atoms. The molecule has 0 aromatic heterocycles. The minimum Gasteiger partial charge on any atom is -0.311 e. The molecular formula is C9H22NO3P. The fourth-order valence-electron chi connectivity index (χ4n) is 1.27. The van der Waals surface area contributed by atoms with Gasteiger partial charge in [-0.05, 0) is 6.42 Å². The van der Waals surface area contributed by atoms with Crippen LogP contribution < -0.4 is 5.90 Å². The number of nitrogens with two attached hydrogens (primary N) is 1. The minimum atomic E-state index is -2.96. The summed E-state index contributed by atoms with van der Waals surface area (Å²) in [6.07, 6.45) is 7.28. The van der Waals surface area contributed by atoms with Crippen molar-refractivity contribution >= 4 is 7.60 Å². The normalized spacial score (nSPS) is 15.4. The second-order valence-electron chi connectivity index (χ2n) is 3.39. The molecule has 1 atom stereocenters. The van der Waals surface area contributed by atoms with Gasteiger partial charge in [-0.2, -0.15) is 0 Å². The van der Waals surface area contributed by atoms with E-state index in [0.717, 1.165) is 12.8 Å². The summed E-state index contributed by atoms with van der Waals surface area (Å²) in [5.41, 5.74) is 0. The first-order chi connectivity index (χ1) is 6.68. The highest BCUT2D eigenvalue weighted by atomic mass is 31.2. The molecule has 86 valence electrons. The van der Waals surface area contributed by atoms with Crippen LogP contribution in [0.5, 0.6) is 0 Å². The first-order valence-corrected chi connectivity index (χ1v) is 6.94. The SMILES string of the molecule is CCCCCCCCP(=O)(OC)ON. The predicted molar refractivity (Wildman–Crippen MR) is 58.1 cm³/mol. The molecule has 1 unspecified atom stereocenters. The van der Waals surface area contributed by atoms with E-state index < -0.39 is 7.60 Å². The third kappa shape index (κ3) is 6.55. The number of rotatable bonds is 9. The second kappa shape index (κ2) is 8.42. The summed E-state index contributed by atoms with van der Waals surface area (Å²) in [5.74, 6) is 4.89. The number of hydrogen-bond acceptors (Lipinski definition) is 4. The van der Waals surface area contributed by atoms with Gasteiger partial charge in [0.15, 0.2) is 0 Å². The maximum absolute atomic E-state index is 11.5. The van der Waals surface area contributed by atoms with Crippen molar-refractivity contribution in [1.82, 2.24) is 0 Å². The molecular weight excluding hydrogens is 201 g/mol. The van der Waals surface area contributed by atoms with Crippen molar-refractivity contribution < 1.29 is 13.7 Å². The van der Waals surface area contributed by atoms with E-state index in [2.05, 4.69) is 11.5 Å². The Balaban J connectivity index is 3.39. The topological polar surface area (TPSA) is 61.5 Å². The fourth-order valence-corrected chi connectivity index (χ4v) is 2.26. The highest BCUT2D eigenvalue weighted by molar-refractivity contribution is 7.53. The third-order valence-electron chi connectivity index (χ3n) is 2.22. The Hall–Kier alpha value is 0.110. The van der Waals surface area contributed by atoms with Gasteiger partial charge in [0.25, 0.3) is 0 Å². The van der Waals surface area contributed by atoms with Gasteiger partial charge in [-0.25, -0.2) is 10.5 Å². The van der Waals surface area contributed by atoms with Crippen molar-refractivity contribution in [3.05, 3.63) is 0 Å². The van der Waals surface area contributed by atoms with Gasteiger partial charge < -0.3 is 4.52 Å². The van der Waals surface area contributed by atoms with Crippen molar-refractivity contribution in [1.29, 1.82) is 0 Å². The average Bonchev–Trinajstić information content (AvgIpc) is 2.23. The minimum absolute atomic E-state index is 0.423. The van der Waals surface area contributed by atoms with Gasteiger partial charge in [-0.1, -0.05) is 39.0 Å². The standard InChI is InChI=1S/C9H22NO3P/c1-3-4-5-6-7-8-9-14(11,12-2)13-10/h3-10H2,1-2H3. The van der Waals surface area contributed by atoms with Crippen molar-refractivity contribution in [3.8, 4) is 0 Å². The maximum atomic E-state index is 11.5. The van der Waals surface area contributed by atoms with E-state index >= 15 is 0 Å². The van der Waals surface area contributed by atoms with Gasteiger partial charge in [-0.3, -0.25) is 4.57 Å². The summed E-state index contributed by atoms with van der Waals surface area (Å²) in [6.45, 7) is 2.18. The molecule has 0 aromatic rings. The molecule has 0 saturated heterocycles. The maximum Gasteiger partial charge on any atom is 0.346 e. The average molecular weight is 223 g/mol. The Morgan fingerprint density at radius 3 is 2.21 bits per heavy atom. The fraction of sp³-hybridized carbons (Fsp3) is 1.00. The lowest BCUT2D eigenvalue weighted by Crippen LogP contribution is -2.02. The number of unbranched alkanes of at least 4 members (excludes halogenated alkanes) is 5. The molecule has 0 aliphatic rings.